The van der Waals surface area contributed by atoms with Gasteiger partial charge in [0.15, 0.2) is 0 Å². The van der Waals surface area contributed by atoms with Crippen LogP contribution >= 0.6 is 15.9 Å². The molecule has 0 spiro atoms. The van der Waals surface area contributed by atoms with E-state index in [0.29, 0.717) is 13.0 Å². The first-order valence-corrected chi connectivity index (χ1v) is 9.78. The zero-order valence-corrected chi connectivity index (χ0v) is 17.7. The van der Waals surface area contributed by atoms with Crippen LogP contribution in [0.25, 0.3) is 0 Å². The van der Waals surface area contributed by atoms with Gasteiger partial charge in [0.05, 0.1) is 17.6 Å². The first-order chi connectivity index (χ1) is 12.8. The summed E-state index contributed by atoms with van der Waals surface area (Å²) in [6, 6.07) is 17.3. The molecule has 0 saturated heterocycles. The Labute approximate surface area is 169 Å². The molecule has 5 heteroatoms. The SMILES string of the molecule is CC(C)(CO)OCCC(C)(C(=O)OCc1ccccc1)c1cccc(Br)c1. The highest BCUT2D eigenvalue weighted by atomic mass is 79.9. The molecule has 1 unspecified atom stereocenters. The fourth-order valence-corrected chi connectivity index (χ4v) is 3.05. The molecule has 146 valence electrons. The van der Waals surface area contributed by atoms with Crippen molar-refractivity contribution in [1.82, 2.24) is 0 Å². The molecule has 0 bridgehead atoms. The van der Waals surface area contributed by atoms with Crippen LogP contribution in [-0.2, 0) is 26.3 Å². The third kappa shape index (κ3) is 6.16. The number of carbonyl (C=O) groups excluding carboxylic acids is 1. The minimum Gasteiger partial charge on any atom is -0.460 e. The van der Waals surface area contributed by atoms with Gasteiger partial charge in [-0.1, -0.05) is 58.4 Å². The quantitative estimate of drug-likeness (QED) is 0.584. The van der Waals surface area contributed by atoms with Crippen LogP contribution in [0.4, 0.5) is 0 Å². The summed E-state index contributed by atoms with van der Waals surface area (Å²) in [6.45, 7) is 5.98. The third-order valence-electron chi connectivity index (χ3n) is 4.60. The van der Waals surface area contributed by atoms with E-state index in [1.807, 2.05) is 75.4 Å². The Bertz CT molecular complexity index is 745. The average molecular weight is 435 g/mol. The van der Waals surface area contributed by atoms with Crippen molar-refractivity contribution in [2.24, 2.45) is 0 Å². The van der Waals surface area contributed by atoms with Crippen LogP contribution in [0.5, 0.6) is 0 Å². The highest BCUT2D eigenvalue weighted by Crippen LogP contribution is 2.32. The predicted octanol–water partition coefficient (Wildman–Crippen LogP) is 4.63. The van der Waals surface area contributed by atoms with Crippen LogP contribution in [0, 0.1) is 0 Å². The largest absolute Gasteiger partial charge is 0.460 e. The van der Waals surface area contributed by atoms with Gasteiger partial charge in [-0.15, -0.1) is 0 Å². The summed E-state index contributed by atoms with van der Waals surface area (Å²) in [5, 5.41) is 9.37. The van der Waals surface area contributed by atoms with Crippen molar-refractivity contribution in [3.8, 4) is 0 Å². The Hall–Kier alpha value is -1.69. The summed E-state index contributed by atoms with van der Waals surface area (Å²) in [6.07, 6.45) is 0.445. The third-order valence-corrected chi connectivity index (χ3v) is 5.09. The standard InChI is InChI=1S/C22H27BrO4/c1-21(2,16-24)27-13-12-22(3,18-10-7-11-19(23)14-18)20(25)26-15-17-8-5-4-6-9-17/h4-11,14,24H,12-13,15-16H2,1-3H3. The van der Waals surface area contributed by atoms with Gasteiger partial charge in [0.2, 0.25) is 0 Å². The zero-order chi connectivity index (χ0) is 19.9. The second-order valence-electron chi connectivity index (χ2n) is 7.42. The van der Waals surface area contributed by atoms with E-state index in [1.54, 1.807) is 0 Å². The number of carbonyl (C=O) groups is 1. The monoisotopic (exact) mass is 434 g/mol. The van der Waals surface area contributed by atoms with E-state index in [9.17, 15) is 9.90 Å². The summed E-state index contributed by atoms with van der Waals surface area (Å²) in [5.41, 5.74) is 0.302. The highest BCUT2D eigenvalue weighted by molar-refractivity contribution is 9.10. The van der Waals surface area contributed by atoms with E-state index < -0.39 is 11.0 Å². The van der Waals surface area contributed by atoms with Crippen molar-refractivity contribution in [2.75, 3.05) is 13.2 Å². The van der Waals surface area contributed by atoms with Gasteiger partial charge in [-0.05, 0) is 50.5 Å². The Balaban J connectivity index is 2.16. The molecule has 1 atom stereocenters. The molecule has 0 fully saturated rings. The molecule has 0 radical (unpaired) electrons. The molecule has 4 nitrogen and oxygen atoms in total. The van der Waals surface area contributed by atoms with E-state index in [-0.39, 0.29) is 19.2 Å². The smallest absolute Gasteiger partial charge is 0.316 e. The second-order valence-corrected chi connectivity index (χ2v) is 8.34. The molecule has 0 heterocycles. The molecule has 0 aliphatic carbocycles. The van der Waals surface area contributed by atoms with Crippen molar-refractivity contribution in [2.45, 2.75) is 44.8 Å². The van der Waals surface area contributed by atoms with Gasteiger partial charge in [0, 0.05) is 11.1 Å². The lowest BCUT2D eigenvalue weighted by atomic mass is 9.79. The molecule has 2 aromatic rings. The summed E-state index contributed by atoms with van der Waals surface area (Å²) >= 11 is 3.47. The van der Waals surface area contributed by atoms with E-state index >= 15 is 0 Å². The van der Waals surface area contributed by atoms with Crippen molar-refractivity contribution in [1.29, 1.82) is 0 Å². The van der Waals surface area contributed by atoms with Gasteiger partial charge in [-0.25, -0.2) is 0 Å². The number of aliphatic hydroxyl groups is 1. The molecular formula is C22H27BrO4. The van der Waals surface area contributed by atoms with Crippen molar-refractivity contribution < 1.29 is 19.4 Å². The molecule has 0 aromatic heterocycles. The maximum atomic E-state index is 13.0. The molecule has 0 amide bonds. The second kappa shape index (κ2) is 9.49. The normalized spacial score (nSPS) is 13.8. The number of hydrogen-bond acceptors (Lipinski definition) is 4. The minimum atomic E-state index is -0.857. The summed E-state index contributed by atoms with van der Waals surface area (Å²) < 4.78 is 12.3. The van der Waals surface area contributed by atoms with Crippen LogP contribution < -0.4 is 0 Å². The summed E-state index contributed by atoms with van der Waals surface area (Å²) in [7, 11) is 0. The number of benzene rings is 2. The highest BCUT2D eigenvalue weighted by Gasteiger charge is 2.37. The maximum Gasteiger partial charge on any atom is 0.316 e. The molecular weight excluding hydrogens is 408 g/mol. The van der Waals surface area contributed by atoms with Gasteiger partial charge in [0.25, 0.3) is 0 Å². The van der Waals surface area contributed by atoms with E-state index in [2.05, 4.69) is 15.9 Å². The predicted molar refractivity (Wildman–Crippen MR) is 109 cm³/mol. The van der Waals surface area contributed by atoms with Gasteiger partial charge >= 0.3 is 5.97 Å². The lowest BCUT2D eigenvalue weighted by molar-refractivity contribution is -0.153. The number of hydrogen-bond donors (Lipinski definition) is 1. The summed E-state index contributed by atoms with van der Waals surface area (Å²) in [4.78, 5) is 13.0. The first kappa shape index (κ1) is 21.6. The van der Waals surface area contributed by atoms with Crippen molar-refractivity contribution in [3.05, 3.63) is 70.2 Å². The number of ether oxygens (including phenoxy) is 2. The fourth-order valence-electron chi connectivity index (χ4n) is 2.66. The molecule has 0 aliphatic heterocycles. The average Bonchev–Trinajstić information content (AvgIpc) is 2.66. The van der Waals surface area contributed by atoms with Crippen molar-refractivity contribution >= 4 is 21.9 Å². The van der Waals surface area contributed by atoms with Gasteiger partial charge in [-0.3, -0.25) is 4.79 Å². The van der Waals surface area contributed by atoms with Crippen LogP contribution in [-0.4, -0.2) is 29.9 Å². The van der Waals surface area contributed by atoms with E-state index in [1.165, 1.54) is 0 Å². The molecule has 0 saturated carbocycles. The van der Waals surface area contributed by atoms with Crippen LogP contribution in [0.1, 0.15) is 38.3 Å². The molecule has 27 heavy (non-hydrogen) atoms. The lowest BCUT2D eigenvalue weighted by Crippen LogP contribution is -2.38. The Kier molecular flexibility index (Phi) is 7.59. The topological polar surface area (TPSA) is 55.8 Å². The molecule has 2 aromatic carbocycles. The minimum absolute atomic E-state index is 0.0843. The van der Waals surface area contributed by atoms with Gasteiger partial charge in [0.1, 0.15) is 6.61 Å². The number of rotatable bonds is 9. The number of halogens is 1. The Morgan fingerprint density at radius 1 is 1.07 bits per heavy atom. The van der Waals surface area contributed by atoms with Crippen LogP contribution in [0.15, 0.2) is 59.1 Å². The lowest BCUT2D eigenvalue weighted by Gasteiger charge is -2.30. The van der Waals surface area contributed by atoms with E-state index in [4.69, 9.17) is 9.47 Å². The molecule has 1 N–H and O–H groups in total. The van der Waals surface area contributed by atoms with Crippen molar-refractivity contribution in [3.63, 3.8) is 0 Å². The van der Waals surface area contributed by atoms with Crippen LogP contribution in [0.3, 0.4) is 0 Å². The number of esters is 1. The molecule has 2 rings (SSSR count). The van der Waals surface area contributed by atoms with Gasteiger partial charge in [-0.2, -0.15) is 0 Å². The zero-order valence-electron chi connectivity index (χ0n) is 16.1. The maximum absolute atomic E-state index is 13.0. The Morgan fingerprint density at radius 3 is 2.41 bits per heavy atom. The Morgan fingerprint density at radius 2 is 1.78 bits per heavy atom. The fraction of sp³-hybridized carbons (Fsp3) is 0.409. The first-order valence-electron chi connectivity index (χ1n) is 8.99. The van der Waals surface area contributed by atoms with Gasteiger partial charge < -0.3 is 14.6 Å². The number of aliphatic hydroxyl groups excluding tert-OH is 1. The summed E-state index contributed by atoms with van der Waals surface area (Å²) in [5.74, 6) is -0.296. The van der Waals surface area contributed by atoms with Crippen LogP contribution in [0.2, 0.25) is 0 Å². The molecule has 0 aliphatic rings. The van der Waals surface area contributed by atoms with E-state index in [0.717, 1.165) is 15.6 Å².